The summed E-state index contributed by atoms with van der Waals surface area (Å²) in [5, 5.41) is 15.8. The second kappa shape index (κ2) is 12.1. The number of rotatable bonds is 6. The molecule has 1 saturated heterocycles. The molecule has 2 amide bonds. The molecule has 44 heavy (non-hydrogen) atoms. The third-order valence-electron chi connectivity index (χ3n) is 8.30. The molecule has 10 nitrogen and oxygen atoms in total. The minimum atomic E-state index is -0.353. The summed E-state index contributed by atoms with van der Waals surface area (Å²) in [6, 6.07) is 16.3. The summed E-state index contributed by atoms with van der Waals surface area (Å²) in [4.78, 5) is 49.3. The maximum Gasteiger partial charge on any atom is 0.293 e. The Morgan fingerprint density at radius 2 is 1.80 bits per heavy atom. The summed E-state index contributed by atoms with van der Waals surface area (Å²) in [6.07, 6.45) is 5.89. The third-order valence-corrected chi connectivity index (χ3v) is 9.54. The van der Waals surface area contributed by atoms with Crippen molar-refractivity contribution in [3.8, 4) is 17.3 Å². The monoisotopic (exact) mass is 607 g/mol. The molecule has 2 aromatic carbocycles. The first-order chi connectivity index (χ1) is 21.2. The van der Waals surface area contributed by atoms with E-state index >= 15 is 0 Å². The Labute approximate surface area is 259 Å². The first-order valence-corrected chi connectivity index (χ1v) is 15.4. The van der Waals surface area contributed by atoms with Gasteiger partial charge in [-0.25, -0.2) is 4.98 Å². The van der Waals surface area contributed by atoms with Crippen LogP contribution in [0.1, 0.15) is 50.1 Å². The zero-order chi connectivity index (χ0) is 31.0. The lowest BCUT2D eigenvalue weighted by molar-refractivity contribution is -0.139. The van der Waals surface area contributed by atoms with E-state index in [0.29, 0.717) is 39.6 Å². The quantitative estimate of drug-likeness (QED) is 0.326. The number of nitrogens with zero attached hydrogens (tertiary/aromatic N) is 5. The van der Waals surface area contributed by atoms with Crippen molar-refractivity contribution >= 4 is 40.3 Å². The predicted octanol–water partition coefficient (Wildman–Crippen LogP) is 4.70. The molecule has 1 atom stereocenters. The lowest BCUT2D eigenvalue weighted by Crippen LogP contribution is -2.48. The van der Waals surface area contributed by atoms with E-state index in [1.165, 1.54) is 26.3 Å². The summed E-state index contributed by atoms with van der Waals surface area (Å²) in [6.45, 7) is 1.48. The lowest BCUT2D eigenvalue weighted by atomic mass is 9.99. The number of nitrogens with one attached hydrogen (secondary N) is 2. The summed E-state index contributed by atoms with van der Waals surface area (Å²) in [5.74, 6) is -0.0670. The molecule has 4 aromatic rings. The van der Waals surface area contributed by atoms with E-state index in [9.17, 15) is 19.6 Å². The SMILES string of the molecule is CN1CCN(C)C(c2ccc(Nc3nc(-c4ccc(C#N)c(NC(=O)c5cc6c(s5)CCCC6)c4)cn(C)c3=O)cc2)C1=O. The van der Waals surface area contributed by atoms with Gasteiger partial charge in [0.15, 0.2) is 5.82 Å². The molecule has 2 aliphatic rings. The van der Waals surface area contributed by atoms with Crippen LogP contribution in [-0.2, 0) is 24.7 Å². The van der Waals surface area contributed by atoms with Gasteiger partial charge in [-0.15, -0.1) is 11.3 Å². The highest BCUT2D eigenvalue weighted by Crippen LogP contribution is 2.32. The van der Waals surface area contributed by atoms with E-state index in [2.05, 4.69) is 21.7 Å². The highest BCUT2D eigenvalue weighted by molar-refractivity contribution is 7.14. The van der Waals surface area contributed by atoms with Crippen LogP contribution in [0, 0.1) is 11.3 Å². The van der Waals surface area contributed by atoms with Crippen molar-refractivity contribution in [2.45, 2.75) is 31.7 Å². The second-order valence-corrected chi connectivity index (χ2v) is 12.5. The Morgan fingerprint density at radius 3 is 2.55 bits per heavy atom. The van der Waals surface area contributed by atoms with Crippen molar-refractivity contribution in [1.29, 1.82) is 5.26 Å². The maximum atomic E-state index is 13.2. The Balaban J connectivity index is 1.25. The number of nitriles is 1. The summed E-state index contributed by atoms with van der Waals surface area (Å²) < 4.78 is 1.44. The molecule has 1 unspecified atom stereocenters. The molecular formula is C33H33N7O3S. The minimum absolute atomic E-state index is 0.0511. The number of carbonyl (C=O) groups excluding carboxylic acids is 2. The number of aromatic nitrogens is 2. The standard InChI is InChI=1S/C33H33N7O3S/c1-38-14-15-39(2)32(42)29(38)20-10-12-24(13-11-20)35-30-33(43)40(3)19-26(36-30)21-8-9-23(18-34)25(16-21)37-31(41)28-17-22-6-4-5-7-27(22)44-28/h8-13,16-17,19,29H,4-7,14-15H2,1-3H3,(H,35,36)(H,37,41). The van der Waals surface area contributed by atoms with Crippen molar-refractivity contribution < 1.29 is 9.59 Å². The average Bonchev–Trinajstić information content (AvgIpc) is 3.47. The second-order valence-electron chi connectivity index (χ2n) is 11.4. The number of amides is 2. The van der Waals surface area contributed by atoms with Crippen molar-refractivity contribution in [2.24, 2.45) is 7.05 Å². The van der Waals surface area contributed by atoms with Gasteiger partial charge in [0.05, 0.1) is 21.8 Å². The third kappa shape index (κ3) is 5.74. The highest BCUT2D eigenvalue weighted by Gasteiger charge is 2.32. The van der Waals surface area contributed by atoms with Gasteiger partial charge in [0.1, 0.15) is 12.1 Å². The van der Waals surface area contributed by atoms with Crippen LogP contribution < -0.4 is 16.2 Å². The average molecular weight is 608 g/mol. The van der Waals surface area contributed by atoms with Gasteiger partial charge < -0.3 is 20.1 Å². The van der Waals surface area contributed by atoms with Crippen LogP contribution in [0.4, 0.5) is 17.2 Å². The predicted molar refractivity (Wildman–Crippen MR) is 171 cm³/mol. The summed E-state index contributed by atoms with van der Waals surface area (Å²) >= 11 is 1.52. The molecule has 1 aliphatic heterocycles. The van der Waals surface area contributed by atoms with Crippen LogP contribution in [0.2, 0.25) is 0 Å². The molecule has 3 heterocycles. The van der Waals surface area contributed by atoms with Crippen LogP contribution in [0.15, 0.2) is 59.5 Å². The van der Waals surface area contributed by atoms with Crippen molar-refractivity contribution in [2.75, 3.05) is 37.8 Å². The number of piperazine rings is 1. The van der Waals surface area contributed by atoms with Crippen LogP contribution in [0.25, 0.3) is 11.3 Å². The van der Waals surface area contributed by atoms with Gasteiger partial charge in [0.25, 0.3) is 11.5 Å². The van der Waals surface area contributed by atoms with Crippen molar-refractivity contribution in [3.63, 3.8) is 0 Å². The number of likely N-dealkylation sites (N-methyl/N-ethyl adjacent to an activating group) is 2. The Morgan fingerprint density at radius 1 is 1.02 bits per heavy atom. The number of hydrogen-bond acceptors (Lipinski definition) is 8. The largest absolute Gasteiger partial charge is 0.343 e. The Hall–Kier alpha value is -4.79. The van der Waals surface area contributed by atoms with Crippen LogP contribution in [0.5, 0.6) is 0 Å². The lowest BCUT2D eigenvalue weighted by Gasteiger charge is -2.37. The maximum absolute atomic E-state index is 13.2. The van der Waals surface area contributed by atoms with E-state index in [0.717, 1.165) is 37.8 Å². The smallest absolute Gasteiger partial charge is 0.293 e. The fourth-order valence-corrected chi connectivity index (χ4v) is 6.89. The van der Waals surface area contributed by atoms with Crippen LogP contribution >= 0.6 is 11.3 Å². The van der Waals surface area contributed by atoms with E-state index in [4.69, 9.17) is 0 Å². The van der Waals surface area contributed by atoms with E-state index in [1.807, 2.05) is 49.3 Å². The zero-order valence-electron chi connectivity index (χ0n) is 24.9. The first-order valence-electron chi connectivity index (χ1n) is 14.6. The number of thiophene rings is 1. The molecule has 0 spiro atoms. The molecule has 11 heteroatoms. The minimum Gasteiger partial charge on any atom is -0.343 e. The summed E-state index contributed by atoms with van der Waals surface area (Å²) in [5.41, 5.74) is 4.31. The molecule has 2 N–H and O–H groups in total. The number of carbonyl (C=O) groups is 2. The number of fused-ring (bicyclic) bond motifs is 1. The van der Waals surface area contributed by atoms with Gasteiger partial charge in [0, 0.05) is 49.5 Å². The fourth-order valence-electron chi connectivity index (χ4n) is 5.74. The zero-order valence-corrected chi connectivity index (χ0v) is 25.7. The van der Waals surface area contributed by atoms with Gasteiger partial charge in [-0.1, -0.05) is 18.2 Å². The molecule has 1 aliphatic carbocycles. The molecular weight excluding hydrogens is 574 g/mol. The molecule has 0 saturated carbocycles. The van der Waals surface area contributed by atoms with Gasteiger partial charge in [-0.3, -0.25) is 19.3 Å². The molecule has 224 valence electrons. The van der Waals surface area contributed by atoms with Crippen LogP contribution in [0.3, 0.4) is 0 Å². The van der Waals surface area contributed by atoms with E-state index < -0.39 is 0 Å². The molecule has 0 radical (unpaired) electrons. The van der Waals surface area contributed by atoms with Gasteiger partial charge >= 0.3 is 0 Å². The number of benzene rings is 2. The van der Waals surface area contributed by atoms with Gasteiger partial charge in [-0.2, -0.15) is 5.26 Å². The first kappa shape index (κ1) is 29.3. The van der Waals surface area contributed by atoms with Gasteiger partial charge in [0.2, 0.25) is 5.91 Å². The summed E-state index contributed by atoms with van der Waals surface area (Å²) in [7, 11) is 5.40. The fraction of sp³-hybridized carbons (Fsp3) is 0.303. The van der Waals surface area contributed by atoms with E-state index in [-0.39, 0.29) is 29.2 Å². The van der Waals surface area contributed by atoms with Crippen molar-refractivity contribution in [3.05, 3.63) is 91.5 Å². The van der Waals surface area contributed by atoms with Gasteiger partial charge in [-0.05, 0) is 74.2 Å². The molecule has 2 aromatic heterocycles. The highest BCUT2D eigenvalue weighted by atomic mass is 32.1. The Kier molecular flexibility index (Phi) is 8.03. The normalized spacial score (nSPS) is 16.7. The molecule has 6 rings (SSSR count). The number of hydrogen-bond donors (Lipinski definition) is 2. The molecule has 0 bridgehead atoms. The number of aryl methyl sites for hydroxylation is 3. The topological polar surface area (TPSA) is 123 Å². The molecule has 1 fully saturated rings. The van der Waals surface area contributed by atoms with E-state index in [1.54, 1.807) is 36.3 Å². The Bertz CT molecular complexity index is 1830. The van der Waals surface area contributed by atoms with Crippen LogP contribution in [-0.4, -0.2) is 58.4 Å². The number of anilines is 3. The van der Waals surface area contributed by atoms with Crippen molar-refractivity contribution in [1.82, 2.24) is 19.4 Å².